The van der Waals surface area contributed by atoms with Gasteiger partial charge in [0.2, 0.25) is 5.56 Å². The summed E-state index contributed by atoms with van der Waals surface area (Å²) in [5.41, 5.74) is 6.63. The molecule has 2 rings (SSSR count). The van der Waals surface area contributed by atoms with Crippen LogP contribution in [-0.4, -0.2) is 9.97 Å². The Morgan fingerprint density at radius 1 is 1.33 bits per heavy atom. The van der Waals surface area contributed by atoms with Crippen molar-refractivity contribution in [3.8, 4) is 0 Å². The number of rotatable bonds is 0. The van der Waals surface area contributed by atoms with Crippen LogP contribution < -0.4 is 11.3 Å². The van der Waals surface area contributed by atoms with E-state index in [0.29, 0.717) is 11.3 Å². The molecule has 0 aromatic carbocycles. The van der Waals surface area contributed by atoms with Gasteiger partial charge in [-0.1, -0.05) is 0 Å². The number of nitrogens with one attached hydrogen (secondary N) is 1. The normalized spacial score (nSPS) is 10.3. The molecule has 0 aliphatic heterocycles. The molecule has 4 heteroatoms. The van der Waals surface area contributed by atoms with E-state index in [0.717, 1.165) is 5.39 Å². The van der Waals surface area contributed by atoms with Crippen LogP contribution >= 0.6 is 0 Å². The molecular weight excluding hydrogens is 154 g/mol. The minimum absolute atomic E-state index is 0.166. The summed E-state index contributed by atoms with van der Waals surface area (Å²) in [6.07, 6.45) is 1.56. The highest BCUT2D eigenvalue weighted by Crippen LogP contribution is 2.13. The number of aromatic amines is 1. The van der Waals surface area contributed by atoms with E-state index in [1.54, 1.807) is 18.3 Å². The second-order valence-electron chi connectivity index (χ2n) is 2.49. The lowest BCUT2D eigenvalue weighted by Gasteiger charge is -1.97. The van der Waals surface area contributed by atoms with Gasteiger partial charge in [-0.15, -0.1) is 0 Å². The molecule has 0 saturated heterocycles. The average Bonchev–Trinajstić information content (AvgIpc) is 2.04. The van der Waals surface area contributed by atoms with Crippen molar-refractivity contribution in [1.29, 1.82) is 0 Å². The minimum atomic E-state index is -0.166. The van der Waals surface area contributed by atoms with Crippen molar-refractivity contribution < 1.29 is 0 Å². The summed E-state index contributed by atoms with van der Waals surface area (Å²) in [4.78, 5) is 17.4. The van der Waals surface area contributed by atoms with E-state index in [1.165, 1.54) is 6.07 Å². The van der Waals surface area contributed by atoms with Gasteiger partial charge in [-0.3, -0.25) is 4.79 Å². The zero-order valence-corrected chi connectivity index (χ0v) is 6.24. The highest BCUT2D eigenvalue weighted by atomic mass is 16.1. The lowest BCUT2D eigenvalue weighted by atomic mass is 10.2. The molecule has 2 aromatic heterocycles. The molecule has 0 aliphatic carbocycles. The predicted molar refractivity (Wildman–Crippen MR) is 46.8 cm³/mol. The van der Waals surface area contributed by atoms with Crippen LogP contribution in [0.5, 0.6) is 0 Å². The first-order chi connectivity index (χ1) is 5.77. The Labute approximate surface area is 68.1 Å². The molecule has 2 heterocycles. The Bertz CT molecular complexity index is 475. The van der Waals surface area contributed by atoms with Crippen LogP contribution in [0.4, 0.5) is 5.69 Å². The van der Waals surface area contributed by atoms with Crippen LogP contribution in [0.1, 0.15) is 0 Å². The number of nitrogens with two attached hydrogens (primary N) is 1. The van der Waals surface area contributed by atoms with E-state index in [4.69, 9.17) is 5.73 Å². The minimum Gasteiger partial charge on any atom is -0.398 e. The first kappa shape index (κ1) is 6.84. The summed E-state index contributed by atoms with van der Waals surface area (Å²) in [5, 5.41) is 0.775. The van der Waals surface area contributed by atoms with Crippen molar-refractivity contribution in [3.63, 3.8) is 0 Å². The van der Waals surface area contributed by atoms with Crippen LogP contribution in [0.25, 0.3) is 11.0 Å². The topological polar surface area (TPSA) is 71.8 Å². The number of fused-ring (bicyclic) bond motifs is 1. The number of nitrogens with zero attached hydrogens (tertiary/aromatic N) is 1. The number of aromatic nitrogens is 2. The van der Waals surface area contributed by atoms with Crippen molar-refractivity contribution >= 4 is 16.7 Å². The summed E-state index contributed by atoms with van der Waals surface area (Å²) in [6.45, 7) is 0. The van der Waals surface area contributed by atoms with E-state index >= 15 is 0 Å². The van der Waals surface area contributed by atoms with Crippen LogP contribution in [0.3, 0.4) is 0 Å². The fourth-order valence-corrected chi connectivity index (χ4v) is 1.08. The van der Waals surface area contributed by atoms with E-state index in [2.05, 4.69) is 9.97 Å². The molecule has 0 spiro atoms. The van der Waals surface area contributed by atoms with E-state index in [-0.39, 0.29) is 5.56 Å². The van der Waals surface area contributed by atoms with Crippen LogP contribution in [0.15, 0.2) is 29.2 Å². The Hall–Kier alpha value is -1.84. The molecule has 0 unspecified atom stereocenters. The predicted octanol–water partition coefficient (Wildman–Crippen LogP) is 0.505. The molecule has 0 saturated carbocycles. The molecule has 60 valence electrons. The zero-order valence-electron chi connectivity index (χ0n) is 6.24. The number of hydrogen-bond acceptors (Lipinski definition) is 3. The van der Waals surface area contributed by atoms with Gasteiger partial charge < -0.3 is 10.7 Å². The first-order valence-electron chi connectivity index (χ1n) is 3.51. The van der Waals surface area contributed by atoms with Gasteiger partial charge in [0.15, 0.2) is 0 Å². The molecule has 0 bridgehead atoms. The van der Waals surface area contributed by atoms with Crippen molar-refractivity contribution in [3.05, 3.63) is 34.7 Å². The van der Waals surface area contributed by atoms with Gasteiger partial charge in [0.25, 0.3) is 0 Å². The number of anilines is 1. The summed E-state index contributed by atoms with van der Waals surface area (Å²) < 4.78 is 0. The van der Waals surface area contributed by atoms with Crippen LogP contribution in [-0.2, 0) is 0 Å². The van der Waals surface area contributed by atoms with Gasteiger partial charge in [0.05, 0.1) is 0 Å². The molecule has 12 heavy (non-hydrogen) atoms. The number of H-pyrrole nitrogens is 1. The molecule has 4 nitrogen and oxygen atoms in total. The van der Waals surface area contributed by atoms with Crippen LogP contribution in [0, 0.1) is 0 Å². The fourth-order valence-electron chi connectivity index (χ4n) is 1.08. The number of pyridine rings is 2. The molecule has 0 fully saturated rings. The molecule has 2 aromatic rings. The van der Waals surface area contributed by atoms with Crippen LogP contribution in [0.2, 0.25) is 0 Å². The van der Waals surface area contributed by atoms with E-state index in [1.807, 2.05) is 0 Å². The van der Waals surface area contributed by atoms with E-state index < -0.39 is 0 Å². The lowest BCUT2D eigenvalue weighted by Crippen LogP contribution is -2.04. The number of nitrogen functional groups attached to an aromatic ring is 1. The highest BCUT2D eigenvalue weighted by molar-refractivity contribution is 5.86. The first-order valence-corrected chi connectivity index (χ1v) is 3.51. The Kier molecular flexibility index (Phi) is 1.33. The third-order valence-corrected chi connectivity index (χ3v) is 1.67. The van der Waals surface area contributed by atoms with Crippen molar-refractivity contribution in [2.24, 2.45) is 0 Å². The second-order valence-corrected chi connectivity index (χ2v) is 2.49. The lowest BCUT2D eigenvalue weighted by molar-refractivity contribution is 1.23. The Morgan fingerprint density at radius 2 is 2.17 bits per heavy atom. The van der Waals surface area contributed by atoms with Gasteiger partial charge in [0, 0.05) is 23.3 Å². The van der Waals surface area contributed by atoms with Crippen molar-refractivity contribution in [1.82, 2.24) is 9.97 Å². The zero-order chi connectivity index (χ0) is 8.55. The number of hydrogen-bond donors (Lipinski definition) is 2. The third kappa shape index (κ3) is 0.934. The van der Waals surface area contributed by atoms with Gasteiger partial charge in [-0.25, -0.2) is 4.98 Å². The molecular formula is C8H7N3O. The summed E-state index contributed by atoms with van der Waals surface area (Å²) in [7, 11) is 0. The van der Waals surface area contributed by atoms with Gasteiger partial charge in [-0.05, 0) is 12.1 Å². The summed E-state index contributed by atoms with van der Waals surface area (Å²) in [5.74, 6) is 0. The van der Waals surface area contributed by atoms with Gasteiger partial charge in [-0.2, -0.15) is 0 Å². The smallest absolute Gasteiger partial charge is 0.249 e. The maximum absolute atomic E-state index is 10.9. The summed E-state index contributed by atoms with van der Waals surface area (Å²) >= 11 is 0. The average molecular weight is 161 g/mol. The maximum atomic E-state index is 10.9. The molecule has 3 N–H and O–H groups in total. The van der Waals surface area contributed by atoms with Gasteiger partial charge >= 0.3 is 0 Å². The van der Waals surface area contributed by atoms with Gasteiger partial charge in [0.1, 0.15) is 5.65 Å². The maximum Gasteiger partial charge on any atom is 0.249 e. The molecule has 0 amide bonds. The summed E-state index contributed by atoms with van der Waals surface area (Å²) in [6, 6.07) is 4.79. The largest absolute Gasteiger partial charge is 0.398 e. The monoisotopic (exact) mass is 161 g/mol. The SMILES string of the molecule is Nc1ccnc2[nH]c(=O)ccc12. The molecule has 0 atom stereocenters. The quantitative estimate of drug-likeness (QED) is 0.591. The van der Waals surface area contributed by atoms with Crippen molar-refractivity contribution in [2.75, 3.05) is 5.73 Å². The molecule has 0 aliphatic rings. The highest BCUT2D eigenvalue weighted by Gasteiger charge is 1.97. The third-order valence-electron chi connectivity index (χ3n) is 1.67. The Morgan fingerprint density at radius 3 is 3.00 bits per heavy atom. The second kappa shape index (κ2) is 2.34. The standard InChI is InChI=1S/C8H7N3O/c9-6-3-4-10-8-5(6)1-2-7(12)11-8/h1-4H,(H3,9,10,11,12). The fraction of sp³-hybridized carbons (Fsp3) is 0. The Balaban J connectivity index is 2.96. The van der Waals surface area contributed by atoms with E-state index in [9.17, 15) is 4.79 Å². The van der Waals surface area contributed by atoms with Crippen molar-refractivity contribution in [2.45, 2.75) is 0 Å². The molecule has 0 radical (unpaired) electrons.